The van der Waals surface area contributed by atoms with Crippen LogP contribution >= 0.6 is 0 Å². The molecule has 0 saturated heterocycles. The summed E-state index contributed by atoms with van der Waals surface area (Å²) in [6.07, 6.45) is 3.33. The topological polar surface area (TPSA) is 35.2 Å². The maximum Gasteiger partial charge on any atom is 0.119 e. The van der Waals surface area contributed by atoms with Crippen molar-refractivity contribution in [2.24, 2.45) is 5.73 Å². The van der Waals surface area contributed by atoms with Gasteiger partial charge >= 0.3 is 0 Å². The molecular weight excluding hydrogens is 258 g/mol. The molecule has 1 atom stereocenters. The van der Waals surface area contributed by atoms with Gasteiger partial charge in [-0.2, -0.15) is 0 Å². The average molecular weight is 283 g/mol. The lowest BCUT2D eigenvalue weighted by molar-refractivity contribution is 0.303. The van der Waals surface area contributed by atoms with Crippen molar-refractivity contribution < 1.29 is 4.74 Å². The zero-order valence-corrected chi connectivity index (χ0v) is 12.8. The van der Waals surface area contributed by atoms with Crippen LogP contribution in [0.3, 0.4) is 0 Å². The normalized spacial score (nSPS) is 12.1. The van der Waals surface area contributed by atoms with Gasteiger partial charge in [0.15, 0.2) is 0 Å². The number of benzene rings is 2. The summed E-state index contributed by atoms with van der Waals surface area (Å²) in [4.78, 5) is 0. The molecule has 0 saturated carbocycles. The number of rotatable bonds is 8. The second kappa shape index (κ2) is 8.48. The van der Waals surface area contributed by atoms with E-state index in [1.54, 1.807) is 0 Å². The molecule has 0 amide bonds. The largest absolute Gasteiger partial charge is 0.494 e. The Kier molecular flexibility index (Phi) is 6.29. The van der Waals surface area contributed by atoms with E-state index in [4.69, 9.17) is 10.5 Å². The van der Waals surface area contributed by atoms with Crippen molar-refractivity contribution in [2.75, 3.05) is 13.2 Å². The van der Waals surface area contributed by atoms with E-state index in [1.165, 1.54) is 11.1 Å². The van der Waals surface area contributed by atoms with Crippen LogP contribution in [-0.4, -0.2) is 13.2 Å². The van der Waals surface area contributed by atoms with Gasteiger partial charge in [-0.3, -0.25) is 0 Å². The van der Waals surface area contributed by atoms with Crippen LogP contribution in [0.15, 0.2) is 54.6 Å². The molecule has 2 heteroatoms. The van der Waals surface area contributed by atoms with E-state index in [0.29, 0.717) is 12.5 Å². The van der Waals surface area contributed by atoms with Crippen LogP contribution in [0, 0.1) is 6.92 Å². The highest BCUT2D eigenvalue weighted by molar-refractivity contribution is 5.27. The van der Waals surface area contributed by atoms with Crippen molar-refractivity contribution in [2.45, 2.75) is 32.1 Å². The third-order valence-electron chi connectivity index (χ3n) is 3.76. The molecule has 2 nitrogen and oxygen atoms in total. The standard InChI is InChI=1S/C19H25NO/c1-16-8-7-12-19(14-16)21-13-6-5-11-18(15-20)17-9-3-2-4-10-17/h2-4,7-10,12,14,18H,5-6,11,13,15,20H2,1H3. The molecule has 2 aromatic rings. The smallest absolute Gasteiger partial charge is 0.119 e. The fourth-order valence-corrected chi connectivity index (χ4v) is 2.53. The van der Waals surface area contributed by atoms with Crippen LogP contribution in [-0.2, 0) is 0 Å². The van der Waals surface area contributed by atoms with Gasteiger partial charge in [0.25, 0.3) is 0 Å². The fourth-order valence-electron chi connectivity index (χ4n) is 2.53. The number of unbranched alkanes of at least 4 members (excludes halogenated alkanes) is 1. The number of hydrogen-bond acceptors (Lipinski definition) is 2. The Morgan fingerprint density at radius 2 is 1.81 bits per heavy atom. The Bertz CT molecular complexity index is 524. The van der Waals surface area contributed by atoms with Crippen molar-refractivity contribution in [1.82, 2.24) is 0 Å². The molecule has 21 heavy (non-hydrogen) atoms. The molecule has 0 aliphatic heterocycles. The summed E-state index contributed by atoms with van der Waals surface area (Å²) in [6.45, 7) is 3.57. The van der Waals surface area contributed by atoms with Gasteiger partial charge in [0, 0.05) is 0 Å². The van der Waals surface area contributed by atoms with E-state index < -0.39 is 0 Å². The first kappa shape index (κ1) is 15.6. The zero-order chi connectivity index (χ0) is 14.9. The molecule has 0 aliphatic carbocycles. The highest BCUT2D eigenvalue weighted by Crippen LogP contribution is 2.21. The first-order chi connectivity index (χ1) is 10.3. The third kappa shape index (κ3) is 5.24. The van der Waals surface area contributed by atoms with Crippen molar-refractivity contribution in [1.29, 1.82) is 0 Å². The van der Waals surface area contributed by atoms with Gasteiger partial charge in [0.2, 0.25) is 0 Å². The van der Waals surface area contributed by atoms with Crippen LogP contribution in [0.2, 0.25) is 0 Å². The highest BCUT2D eigenvalue weighted by Gasteiger charge is 2.08. The molecular formula is C19H25NO. The fraction of sp³-hybridized carbons (Fsp3) is 0.368. The van der Waals surface area contributed by atoms with Crippen LogP contribution in [0.1, 0.15) is 36.3 Å². The summed E-state index contributed by atoms with van der Waals surface area (Å²) >= 11 is 0. The second-order valence-electron chi connectivity index (χ2n) is 5.50. The number of nitrogens with two attached hydrogens (primary N) is 1. The average Bonchev–Trinajstić information content (AvgIpc) is 2.52. The van der Waals surface area contributed by atoms with Crippen molar-refractivity contribution in [3.8, 4) is 5.75 Å². The molecule has 0 bridgehead atoms. The monoisotopic (exact) mass is 283 g/mol. The zero-order valence-electron chi connectivity index (χ0n) is 12.8. The Hall–Kier alpha value is -1.80. The van der Waals surface area contributed by atoms with Crippen LogP contribution < -0.4 is 10.5 Å². The molecule has 0 heterocycles. The lowest BCUT2D eigenvalue weighted by Gasteiger charge is -2.15. The second-order valence-corrected chi connectivity index (χ2v) is 5.50. The Labute approximate surface area is 127 Å². The predicted octanol–water partition coefficient (Wildman–Crippen LogP) is 4.29. The molecule has 112 valence electrons. The van der Waals surface area contributed by atoms with E-state index in [-0.39, 0.29) is 0 Å². The van der Waals surface area contributed by atoms with E-state index in [1.807, 2.05) is 18.2 Å². The van der Waals surface area contributed by atoms with Crippen LogP contribution in [0.4, 0.5) is 0 Å². The van der Waals surface area contributed by atoms with Crippen molar-refractivity contribution >= 4 is 0 Å². The van der Waals surface area contributed by atoms with Gasteiger partial charge in [-0.15, -0.1) is 0 Å². The van der Waals surface area contributed by atoms with Gasteiger partial charge in [-0.25, -0.2) is 0 Å². The minimum atomic E-state index is 0.463. The minimum Gasteiger partial charge on any atom is -0.494 e. The summed E-state index contributed by atoms with van der Waals surface area (Å²) in [5, 5.41) is 0. The van der Waals surface area contributed by atoms with E-state index in [2.05, 4.69) is 43.3 Å². The minimum absolute atomic E-state index is 0.463. The molecule has 2 rings (SSSR count). The number of aryl methyl sites for hydroxylation is 1. The molecule has 0 fully saturated rings. The Morgan fingerprint density at radius 1 is 1.00 bits per heavy atom. The number of ether oxygens (including phenoxy) is 1. The maximum atomic E-state index is 5.90. The van der Waals surface area contributed by atoms with Gasteiger partial charge < -0.3 is 10.5 Å². The van der Waals surface area contributed by atoms with Gasteiger partial charge in [0.05, 0.1) is 6.61 Å². The first-order valence-electron chi connectivity index (χ1n) is 7.74. The van der Waals surface area contributed by atoms with Crippen LogP contribution in [0.25, 0.3) is 0 Å². The number of hydrogen-bond donors (Lipinski definition) is 1. The molecule has 0 radical (unpaired) electrons. The Morgan fingerprint density at radius 3 is 2.52 bits per heavy atom. The third-order valence-corrected chi connectivity index (χ3v) is 3.76. The molecule has 0 aromatic heterocycles. The maximum absolute atomic E-state index is 5.90. The predicted molar refractivity (Wildman–Crippen MR) is 88.8 cm³/mol. The summed E-state index contributed by atoms with van der Waals surface area (Å²) in [7, 11) is 0. The molecule has 0 spiro atoms. The van der Waals surface area contributed by atoms with Crippen molar-refractivity contribution in [3.63, 3.8) is 0 Å². The molecule has 2 aromatic carbocycles. The van der Waals surface area contributed by atoms with Gasteiger partial charge in [-0.05, 0) is 61.9 Å². The first-order valence-corrected chi connectivity index (χ1v) is 7.74. The van der Waals surface area contributed by atoms with Crippen molar-refractivity contribution in [3.05, 3.63) is 65.7 Å². The summed E-state index contributed by atoms with van der Waals surface area (Å²) in [5.41, 5.74) is 8.48. The van der Waals surface area contributed by atoms with Crippen LogP contribution in [0.5, 0.6) is 5.75 Å². The van der Waals surface area contributed by atoms with E-state index in [0.717, 1.165) is 31.6 Å². The molecule has 1 unspecified atom stereocenters. The quantitative estimate of drug-likeness (QED) is 0.734. The Balaban J connectivity index is 1.69. The van der Waals surface area contributed by atoms with Gasteiger partial charge in [0.1, 0.15) is 5.75 Å². The highest BCUT2D eigenvalue weighted by atomic mass is 16.5. The van der Waals surface area contributed by atoms with E-state index >= 15 is 0 Å². The summed E-state index contributed by atoms with van der Waals surface area (Å²) in [5.74, 6) is 1.43. The van der Waals surface area contributed by atoms with E-state index in [9.17, 15) is 0 Å². The lowest BCUT2D eigenvalue weighted by Crippen LogP contribution is -2.12. The summed E-state index contributed by atoms with van der Waals surface area (Å²) in [6, 6.07) is 18.8. The molecule has 2 N–H and O–H groups in total. The van der Waals surface area contributed by atoms with Gasteiger partial charge in [-0.1, -0.05) is 42.5 Å². The summed E-state index contributed by atoms with van der Waals surface area (Å²) < 4.78 is 5.78. The SMILES string of the molecule is Cc1cccc(OCCCCC(CN)c2ccccc2)c1. The lowest BCUT2D eigenvalue weighted by atomic mass is 9.94. The molecule has 0 aliphatic rings.